The van der Waals surface area contributed by atoms with Crippen molar-refractivity contribution in [1.82, 2.24) is 26.2 Å². The molecule has 12 nitrogen and oxygen atoms in total. The Bertz CT molecular complexity index is 983. The Hall–Kier alpha value is -3.67. The van der Waals surface area contributed by atoms with Crippen LogP contribution in [0.4, 0.5) is 0 Å². The number of para-hydroxylation sites is 1. The zero-order chi connectivity index (χ0) is 26.1. The van der Waals surface area contributed by atoms with E-state index in [0.29, 0.717) is 25.9 Å². The molecule has 0 radical (unpaired) electrons. The van der Waals surface area contributed by atoms with Gasteiger partial charge in [0.1, 0.15) is 24.4 Å². The van der Waals surface area contributed by atoms with Crippen molar-refractivity contribution in [2.75, 3.05) is 32.8 Å². The fourth-order valence-corrected chi connectivity index (χ4v) is 4.04. The van der Waals surface area contributed by atoms with E-state index in [1.54, 1.807) is 23.1 Å². The summed E-state index contributed by atoms with van der Waals surface area (Å²) < 4.78 is 5.64. The van der Waals surface area contributed by atoms with Gasteiger partial charge in [0.15, 0.2) is 0 Å². The number of amides is 5. The number of likely N-dealkylation sites (tertiary alicyclic amines) is 1. The van der Waals surface area contributed by atoms with Gasteiger partial charge in [0, 0.05) is 26.1 Å². The maximum absolute atomic E-state index is 13.0. The van der Waals surface area contributed by atoms with Crippen LogP contribution in [-0.2, 0) is 19.2 Å². The highest BCUT2D eigenvalue weighted by Crippen LogP contribution is 2.18. The number of carbonyl (C=O) groups is 5. The number of aliphatic hydroxyl groups is 1. The molecule has 1 fully saturated rings. The Kier molecular flexibility index (Phi) is 9.62. The molecule has 196 valence electrons. The minimum Gasteiger partial charge on any atom is -0.491 e. The van der Waals surface area contributed by atoms with Crippen LogP contribution in [0.15, 0.2) is 24.3 Å². The molecule has 0 aromatic heterocycles. The molecule has 0 bridgehead atoms. The molecule has 2 aliphatic rings. The molecule has 12 heteroatoms. The minimum absolute atomic E-state index is 0.0416. The van der Waals surface area contributed by atoms with Gasteiger partial charge < -0.3 is 36.0 Å². The first-order valence-corrected chi connectivity index (χ1v) is 12.1. The number of hydrogen-bond donors (Lipinski definition) is 5. The molecular formula is C24H33N5O7. The first-order chi connectivity index (χ1) is 17.3. The number of nitrogens with zero attached hydrogens (tertiary/aromatic N) is 1. The Morgan fingerprint density at radius 2 is 2.00 bits per heavy atom. The van der Waals surface area contributed by atoms with Crippen LogP contribution in [0.25, 0.3) is 0 Å². The average Bonchev–Trinajstić information content (AvgIpc) is 3.26. The molecule has 0 unspecified atom stereocenters. The maximum Gasteiger partial charge on any atom is 0.255 e. The Labute approximate surface area is 209 Å². The van der Waals surface area contributed by atoms with Crippen LogP contribution in [0.5, 0.6) is 5.75 Å². The predicted molar refractivity (Wildman–Crippen MR) is 128 cm³/mol. The third-order valence-corrected chi connectivity index (χ3v) is 5.96. The summed E-state index contributed by atoms with van der Waals surface area (Å²) >= 11 is 0. The summed E-state index contributed by atoms with van der Waals surface area (Å²) in [6.45, 7) is 2.94. The largest absolute Gasteiger partial charge is 0.491 e. The van der Waals surface area contributed by atoms with E-state index in [1.165, 1.54) is 13.0 Å². The van der Waals surface area contributed by atoms with E-state index >= 15 is 0 Å². The first kappa shape index (κ1) is 26.9. The molecule has 2 aliphatic heterocycles. The molecule has 0 saturated carbocycles. The number of fused-ring (bicyclic) bond motifs is 1. The van der Waals surface area contributed by atoms with Crippen molar-refractivity contribution < 1.29 is 33.8 Å². The fraction of sp³-hybridized carbons (Fsp3) is 0.542. The van der Waals surface area contributed by atoms with Crippen molar-refractivity contribution in [2.24, 2.45) is 0 Å². The summed E-state index contributed by atoms with van der Waals surface area (Å²) in [5.74, 6) is -2.14. The van der Waals surface area contributed by atoms with E-state index in [1.807, 2.05) is 0 Å². The van der Waals surface area contributed by atoms with Gasteiger partial charge in [-0.3, -0.25) is 24.0 Å². The van der Waals surface area contributed by atoms with Gasteiger partial charge in [0.2, 0.25) is 23.6 Å². The molecule has 1 saturated heterocycles. The molecule has 3 rings (SSSR count). The number of ether oxygens (including phenoxy) is 1. The zero-order valence-corrected chi connectivity index (χ0v) is 20.2. The summed E-state index contributed by atoms with van der Waals surface area (Å²) in [4.78, 5) is 64.6. The first-order valence-electron chi connectivity index (χ1n) is 12.1. The van der Waals surface area contributed by atoms with Crippen LogP contribution in [0.1, 0.15) is 43.0 Å². The lowest BCUT2D eigenvalue weighted by Gasteiger charge is -2.24. The van der Waals surface area contributed by atoms with Gasteiger partial charge in [-0.15, -0.1) is 0 Å². The Morgan fingerprint density at radius 1 is 1.22 bits per heavy atom. The fourth-order valence-electron chi connectivity index (χ4n) is 4.04. The van der Waals surface area contributed by atoms with E-state index in [2.05, 4.69) is 21.3 Å². The monoisotopic (exact) mass is 503 g/mol. The van der Waals surface area contributed by atoms with Gasteiger partial charge in [0.25, 0.3) is 5.91 Å². The lowest BCUT2D eigenvalue weighted by Crippen LogP contribution is -2.55. The Balaban J connectivity index is 1.72. The van der Waals surface area contributed by atoms with Crippen LogP contribution >= 0.6 is 0 Å². The van der Waals surface area contributed by atoms with E-state index < -0.39 is 48.2 Å². The van der Waals surface area contributed by atoms with Crippen LogP contribution in [0, 0.1) is 0 Å². The van der Waals surface area contributed by atoms with Crippen molar-refractivity contribution in [1.29, 1.82) is 0 Å². The quantitative estimate of drug-likeness (QED) is 0.300. The third kappa shape index (κ3) is 7.41. The van der Waals surface area contributed by atoms with Crippen LogP contribution in [0.2, 0.25) is 0 Å². The second-order valence-electron chi connectivity index (χ2n) is 8.78. The van der Waals surface area contributed by atoms with Gasteiger partial charge in [-0.1, -0.05) is 12.1 Å². The van der Waals surface area contributed by atoms with Crippen LogP contribution in [0.3, 0.4) is 0 Å². The highest BCUT2D eigenvalue weighted by Gasteiger charge is 2.30. The van der Waals surface area contributed by atoms with Gasteiger partial charge in [0.05, 0.1) is 24.6 Å². The summed E-state index contributed by atoms with van der Waals surface area (Å²) in [6.07, 6.45) is 0.225. The summed E-state index contributed by atoms with van der Waals surface area (Å²) in [6, 6.07) is 3.94. The second-order valence-corrected chi connectivity index (χ2v) is 8.78. The molecule has 5 N–H and O–H groups in total. The molecule has 2 heterocycles. The molecule has 3 atom stereocenters. The van der Waals surface area contributed by atoms with E-state index in [4.69, 9.17) is 4.74 Å². The van der Waals surface area contributed by atoms with Crippen LogP contribution in [-0.4, -0.2) is 90.5 Å². The van der Waals surface area contributed by atoms with E-state index in [0.717, 1.165) is 6.42 Å². The summed E-state index contributed by atoms with van der Waals surface area (Å²) in [7, 11) is 0. The number of carbonyl (C=O) groups excluding carboxylic acids is 5. The highest BCUT2D eigenvalue weighted by atomic mass is 16.5. The second kappa shape index (κ2) is 12.9. The van der Waals surface area contributed by atoms with Gasteiger partial charge in [-0.2, -0.15) is 0 Å². The number of hydrogen-bond acceptors (Lipinski definition) is 7. The third-order valence-electron chi connectivity index (χ3n) is 5.96. The lowest BCUT2D eigenvalue weighted by atomic mass is 10.1. The average molecular weight is 504 g/mol. The SMILES string of the molecule is C[C@@H](O)[C@@H]1NC(=O)C[C@@H](C(=O)NCCCN2CCCC2=O)NC(=O)c2ccccc2OCCNC1=O. The number of benzene rings is 1. The molecule has 36 heavy (non-hydrogen) atoms. The highest BCUT2D eigenvalue weighted by molar-refractivity contribution is 6.01. The minimum atomic E-state index is -1.25. The molecular weight excluding hydrogens is 470 g/mol. The Morgan fingerprint density at radius 3 is 2.72 bits per heavy atom. The number of rotatable bonds is 6. The maximum atomic E-state index is 13.0. The van der Waals surface area contributed by atoms with Crippen molar-refractivity contribution in [3.8, 4) is 5.75 Å². The smallest absolute Gasteiger partial charge is 0.255 e. The van der Waals surface area contributed by atoms with E-state index in [-0.39, 0.29) is 36.9 Å². The normalized spacial score (nSPS) is 22.3. The molecule has 1 aromatic rings. The number of aliphatic hydroxyl groups excluding tert-OH is 1. The van der Waals surface area contributed by atoms with Crippen molar-refractivity contribution >= 4 is 29.5 Å². The standard InChI is InChI=1S/C24H33N5O7/c1-15(30)21-24(35)26-10-13-36-18-7-3-2-6-16(18)22(33)27-17(14-19(31)28-21)23(34)25-9-5-12-29-11-4-8-20(29)32/h2-3,6-7,15,17,21,30H,4-5,8-14H2,1H3,(H,25,34)(H,26,35)(H,27,33)(H,28,31)/t15-,17+,21+/m1/s1. The van der Waals surface area contributed by atoms with E-state index in [9.17, 15) is 29.1 Å². The molecule has 5 amide bonds. The lowest BCUT2D eigenvalue weighted by molar-refractivity contribution is -0.133. The van der Waals surface area contributed by atoms with Gasteiger partial charge >= 0.3 is 0 Å². The van der Waals surface area contributed by atoms with Gasteiger partial charge in [-0.05, 0) is 31.9 Å². The summed E-state index contributed by atoms with van der Waals surface area (Å²) in [5, 5.41) is 20.3. The van der Waals surface area contributed by atoms with Crippen molar-refractivity contribution in [3.63, 3.8) is 0 Å². The van der Waals surface area contributed by atoms with Crippen molar-refractivity contribution in [2.45, 2.75) is 50.8 Å². The summed E-state index contributed by atoms with van der Waals surface area (Å²) in [5.41, 5.74) is 0.175. The topological polar surface area (TPSA) is 166 Å². The molecule has 1 aromatic carbocycles. The van der Waals surface area contributed by atoms with Gasteiger partial charge in [-0.25, -0.2) is 0 Å². The van der Waals surface area contributed by atoms with Crippen molar-refractivity contribution in [3.05, 3.63) is 29.8 Å². The van der Waals surface area contributed by atoms with Crippen LogP contribution < -0.4 is 26.0 Å². The zero-order valence-electron chi connectivity index (χ0n) is 20.2. The molecule has 0 aliphatic carbocycles. The predicted octanol–water partition coefficient (Wildman–Crippen LogP) is -1.32. The molecule has 0 spiro atoms. The number of nitrogens with one attached hydrogen (secondary N) is 4.